The summed E-state index contributed by atoms with van der Waals surface area (Å²) >= 11 is 0. The van der Waals surface area contributed by atoms with Gasteiger partial charge in [0, 0.05) is 13.6 Å². The molecule has 142 valence electrons. The van der Waals surface area contributed by atoms with E-state index in [2.05, 4.69) is 19.2 Å². The quantitative estimate of drug-likeness (QED) is 0.725. The third kappa shape index (κ3) is 6.01. The van der Waals surface area contributed by atoms with Gasteiger partial charge in [-0.15, -0.1) is 0 Å². The van der Waals surface area contributed by atoms with Gasteiger partial charge in [0.1, 0.15) is 10.6 Å². The van der Waals surface area contributed by atoms with Crippen LogP contribution in [-0.4, -0.2) is 45.9 Å². The van der Waals surface area contributed by atoms with Crippen LogP contribution >= 0.6 is 0 Å². The highest BCUT2D eigenvalue weighted by atomic mass is 32.2. The van der Waals surface area contributed by atoms with E-state index in [1.807, 2.05) is 19.9 Å². The normalized spacial score (nSPS) is 12.0. The van der Waals surface area contributed by atoms with Gasteiger partial charge in [-0.25, -0.2) is 8.42 Å². The van der Waals surface area contributed by atoms with E-state index in [1.54, 1.807) is 12.1 Å². The number of amides is 1. The predicted molar refractivity (Wildman–Crippen MR) is 99.4 cm³/mol. The van der Waals surface area contributed by atoms with Crippen LogP contribution < -0.4 is 10.1 Å². The van der Waals surface area contributed by atoms with Gasteiger partial charge in [0.05, 0.1) is 13.7 Å². The number of benzene rings is 1. The lowest BCUT2D eigenvalue weighted by molar-refractivity contribution is -0.121. The fourth-order valence-electron chi connectivity index (χ4n) is 2.27. The number of nitrogens with one attached hydrogen (secondary N) is 1. The monoisotopic (exact) mass is 370 g/mol. The molecule has 0 heterocycles. The van der Waals surface area contributed by atoms with E-state index in [1.165, 1.54) is 14.2 Å². The van der Waals surface area contributed by atoms with E-state index in [0.29, 0.717) is 12.5 Å². The van der Waals surface area contributed by atoms with Gasteiger partial charge in [-0.2, -0.15) is 4.31 Å². The summed E-state index contributed by atoms with van der Waals surface area (Å²) in [7, 11) is -0.992. The van der Waals surface area contributed by atoms with Gasteiger partial charge in [-0.1, -0.05) is 33.8 Å². The summed E-state index contributed by atoms with van der Waals surface area (Å²) in [4.78, 5) is 12.1. The van der Waals surface area contributed by atoms with Gasteiger partial charge >= 0.3 is 0 Å². The van der Waals surface area contributed by atoms with E-state index in [0.717, 1.165) is 16.3 Å². The number of carbonyl (C=O) groups is 1. The van der Waals surface area contributed by atoms with Gasteiger partial charge in [0.25, 0.3) is 0 Å². The van der Waals surface area contributed by atoms with Gasteiger partial charge in [0.2, 0.25) is 15.9 Å². The lowest BCUT2D eigenvalue weighted by Gasteiger charge is -2.20. The van der Waals surface area contributed by atoms with Crippen LogP contribution in [0.5, 0.6) is 5.75 Å². The zero-order chi connectivity index (χ0) is 19.2. The number of sulfonamides is 1. The molecule has 0 saturated carbocycles. The maximum absolute atomic E-state index is 12.9. The van der Waals surface area contributed by atoms with Crippen molar-refractivity contribution < 1.29 is 17.9 Å². The summed E-state index contributed by atoms with van der Waals surface area (Å²) in [6, 6.07) is 5.12. The summed E-state index contributed by atoms with van der Waals surface area (Å²) in [5.74, 6) is 0.622. The van der Waals surface area contributed by atoms with Crippen LogP contribution in [0.15, 0.2) is 23.1 Å². The van der Waals surface area contributed by atoms with Crippen LogP contribution in [0.1, 0.15) is 45.6 Å². The van der Waals surface area contributed by atoms with Crippen LogP contribution in [0.3, 0.4) is 0 Å². The molecule has 0 aromatic heterocycles. The first-order chi connectivity index (χ1) is 11.6. The Bertz CT molecular complexity index is 684. The standard InChI is InChI=1S/C18H30N2O4S/c1-13(2)9-10-19-18(21)12-20(5)25(22,23)17-11-15(14(3)4)7-8-16(17)24-6/h7-8,11,13-14H,9-10,12H2,1-6H3,(H,19,21). The number of hydrogen-bond acceptors (Lipinski definition) is 4. The number of nitrogens with zero attached hydrogens (tertiary/aromatic N) is 1. The first kappa shape index (κ1) is 21.4. The molecular weight excluding hydrogens is 340 g/mol. The summed E-state index contributed by atoms with van der Waals surface area (Å²) < 4.78 is 32.0. The third-order valence-electron chi connectivity index (χ3n) is 3.95. The van der Waals surface area contributed by atoms with Crippen molar-refractivity contribution in [2.75, 3.05) is 27.2 Å². The van der Waals surface area contributed by atoms with E-state index in [-0.39, 0.29) is 29.0 Å². The maximum Gasteiger partial charge on any atom is 0.246 e. The zero-order valence-electron chi connectivity index (χ0n) is 16.0. The summed E-state index contributed by atoms with van der Waals surface area (Å²) in [5.41, 5.74) is 0.897. The van der Waals surface area contributed by atoms with Crippen LogP contribution in [-0.2, 0) is 14.8 Å². The van der Waals surface area contributed by atoms with Gasteiger partial charge in [0.15, 0.2) is 0 Å². The molecule has 25 heavy (non-hydrogen) atoms. The van der Waals surface area contributed by atoms with Crippen LogP contribution in [0, 0.1) is 5.92 Å². The van der Waals surface area contributed by atoms with Crippen molar-refractivity contribution in [2.45, 2.75) is 44.9 Å². The molecule has 0 unspecified atom stereocenters. The molecule has 0 aliphatic carbocycles. The first-order valence-corrected chi connectivity index (χ1v) is 9.94. The second-order valence-electron chi connectivity index (χ2n) is 6.86. The second-order valence-corrected chi connectivity index (χ2v) is 8.87. The first-order valence-electron chi connectivity index (χ1n) is 8.50. The van der Waals surface area contributed by atoms with E-state index in [4.69, 9.17) is 4.74 Å². The van der Waals surface area contributed by atoms with E-state index in [9.17, 15) is 13.2 Å². The van der Waals surface area contributed by atoms with E-state index < -0.39 is 10.0 Å². The highest BCUT2D eigenvalue weighted by Gasteiger charge is 2.27. The Morgan fingerprint density at radius 1 is 1.24 bits per heavy atom. The molecule has 0 spiro atoms. The second kappa shape index (κ2) is 9.20. The van der Waals surface area contributed by atoms with Crippen molar-refractivity contribution >= 4 is 15.9 Å². The average Bonchev–Trinajstić information content (AvgIpc) is 2.53. The minimum absolute atomic E-state index is 0.0821. The highest BCUT2D eigenvalue weighted by Crippen LogP contribution is 2.29. The van der Waals surface area contributed by atoms with Crippen LogP contribution in [0.4, 0.5) is 0 Å². The molecule has 1 rings (SSSR count). The van der Waals surface area contributed by atoms with Crippen LogP contribution in [0.25, 0.3) is 0 Å². The summed E-state index contributed by atoms with van der Waals surface area (Å²) in [6.07, 6.45) is 0.854. The molecule has 1 aromatic carbocycles. The number of likely N-dealkylation sites (N-methyl/N-ethyl adjacent to an activating group) is 1. The molecule has 0 bridgehead atoms. The Morgan fingerprint density at radius 3 is 2.40 bits per heavy atom. The Morgan fingerprint density at radius 2 is 1.88 bits per heavy atom. The molecule has 0 fully saturated rings. The fourth-order valence-corrected chi connectivity index (χ4v) is 3.58. The molecule has 0 aliphatic heterocycles. The maximum atomic E-state index is 12.9. The minimum Gasteiger partial charge on any atom is -0.495 e. The van der Waals surface area contributed by atoms with Gasteiger partial charge < -0.3 is 10.1 Å². The topological polar surface area (TPSA) is 75.7 Å². The average molecular weight is 371 g/mol. The minimum atomic E-state index is -3.83. The smallest absolute Gasteiger partial charge is 0.246 e. The van der Waals surface area contributed by atoms with Gasteiger partial charge in [-0.3, -0.25) is 4.79 Å². The van der Waals surface area contributed by atoms with Crippen molar-refractivity contribution in [1.82, 2.24) is 9.62 Å². The molecular formula is C18H30N2O4S. The van der Waals surface area contributed by atoms with E-state index >= 15 is 0 Å². The largest absolute Gasteiger partial charge is 0.495 e. The Hall–Kier alpha value is -1.60. The molecule has 0 saturated heterocycles. The Labute approximate surface area is 151 Å². The zero-order valence-corrected chi connectivity index (χ0v) is 16.8. The molecule has 1 aromatic rings. The molecule has 0 radical (unpaired) electrons. The molecule has 7 heteroatoms. The lowest BCUT2D eigenvalue weighted by atomic mass is 10.0. The fraction of sp³-hybridized carbons (Fsp3) is 0.611. The molecule has 0 aliphatic rings. The molecule has 0 atom stereocenters. The Kier molecular flexibility index (Phi) is 7.89. The van der Waals surface area contributed by atoms with Crippen molar-refractivity contribution in [3.63, 3.8) is 0 Å². The third-order valence-corrected chi connectivity index (χ3v) is 5.78. The number of hydrogen-bond donors (Lipinski definition) is 1. The predicted octanol–water partition coefficient (Wildman–Crippen LogP) is 2.60. The number of ether oxygens (including phenoxy) is 1. The number of carbonyl (C=O) groups excluding carboxylic acids is 1. The van der Waals surface area contributed by atoms with Gasteiger partial charge in [-0.05, 0) is 36.0 Å². The Balaban J connectivity index is 2.95. The molecule has 6 nitrogen and oxygen atoms in total. The highest BCUT2D eigenvalue weighted by molar-refractivity contribution is 7.89. The van der Waals surface area contributed by atoms with Crippen LogP contribution in [0.2, 0.25) is 0 Å². The molecule has 1 N–H and O–H groups in total. The number of methoxy groups -OCH3 is 1. The SMILES string of the molecule is COc1ccc(C(C)C)cc1S(=O)(=O)N(C)CC(=O)NCCC(C)C. The lowest BCUT2D eigenvalue weighted by Crippen LogP contribution is -2.39. The van der Waals surface area contributed by atoms with Crippen molar-refractivity contribution in [3.8, 4) is 5.75 Å². The van der Waals surface area contributed by atoms with Crippen molar-refractivity contribution in [2.24, 2.45) is 5.92 Å². The van der Waals surface area contributed by atoms with Crippen molar-refractivity contribution in [3.05, 3.63) is 23.8 Å². The summed E-state index contributed by atoms with van der Waals surface area (Å²) in [5, 5.41) is 2.75. The number of rotatable bonds is 9. The summed E-state index contributed by atoms with van der Waals surface area (Å²) in [6.45, 7) is 8.42. The molecule has 1 amide bonds. The van der Waals surface area contributed by atoms with Crippen molar-refractivity contribution in [1.29, 1.82) is 0 Å².